The quantitative estimate of drug-likeness (QED) is 0.568. The fourth-order valence-electron chi connectivity index (χ4n) is 3.36. The van der Waals surface area contributed by atoms with Crippen molar-refractivity contribution in [1.29, 1.82) is 0 Å². The normalized spacial score (nSPS) is 38.6. The van der Waals surface area contributed by atoms with Crippen LogP contribution < -0.4 is 0 Å². The highest BCUT2D eigenvalue weighted by Gasteiger charge is 2.59. The largest absolute Gasteiger partial charge is 0.348 e. The van der Waals surface area contributed by atoms with Gasteiger partial charge in [0.1, 0.15) is 18.3 Å². The standard InChI is InChI=1S/C16H29O7PS2/c1-7-18-24(25,19-8-2)26-13-11(10-9-17-15(3,4)21-10)20-14-12(13)22-16(5,6)23-14/h10-14H,7-9H2,1-6H3/t10-,11-,12-,13+,14-/m1/s1. The summed E-state index contributed by atoms with van der Waals surface area (Å²) < 4.78 is 41.7. The monoisotopic (exact) mass is 428 g/mol. The van der Waals surface area contributed by atoms with Crippen molar-refractivity contribution in [2.45, 2.75) is 83.0 Å². The van der Waals surface area contributed by atoms with Gasteiger partial charge in [0.2, 0.25) is 5.69 Å². The molecule has 0 radical (unpaired) electrons. The van der Waals surface area contributed by atoms with Crippen LogP contribution in [0.5, 0.6) is 0 Å². The van der Waals surface area contributed by atoms with E-state index in [1.807, 2.05) is 41.5 Å². The molecule has 3 rings (SSSR count). The Labute approximate surface area is 164 Å². The summed E-state index contributed by atoms with van der Waals surface area (Å²) in [4.78, 5) is 0. The lowest BCUT2D eigenvalue weighted by Gasteiger charge is -2.31. The highest BCUT2D eigenvalue weighted by molar-refractivity contribution is 8.68. The van der Waals surface area contributed by atoms with Crippen molar-refractivity contribution in [3.05, 3.63) is 0 Å². The SMILES string of the molecule is CCOP(=S)(OCC)S[C@@H]1[C@H]2OC(C)(C)O[C@H]2O[C@@H]1[C@H]1COC(C)(C)O1. The molecule has 10 heteroatoms. The fourth-order valence-corrected chi connectivity index (χ4v) is 9.29. The van der Waals surface area contributed by atoms with Crippen LogP contribution in [-0.2, 0) is 44.5 Å². The van der Waals surface area contributed by atoms with Crippen LogP contribution in [0.25, 0.3) is 0 Å². The lowest BCUT2D eigenvalue weighted by Crippen LogP contribution is -2.41. The van der Waals surface area contributed by atoms with Crippen molar-refractivity contribution in [1.82, 2.24) is 0 Å². The summed E-state index contributed by atoms with van der Waals surface area (Å²) in [5.74, 6) is -1.34. The van der Waals surface area contributed by atoms with Crippen molar-refractivity contribution in [3.63, 3.8) is 0 Å². The van der Waals surface area contributed by atoms with E-state index in [1.54, 1.807) is 0 Å². The van der Waals surface area contributed by atoms with Crippen molar-refractivity contribution in [2.75, 3.05) is 19.8 Å². The van der Waals surface area contributed by atoms with Crippen LogP contribution in [0.4, 0.5) is 0 Å². The topological polar surface area (TPSA) is 64.6 Å². The van der Waals surface area contributed by atoms with E-state index >= 15 is 0 Å². The Morgan fingerprint density at radius 1 is 1.00 bits per heavy atom. The third-order valence-corrected chi connectivity index (χ3v) is 9.98. The zero-order chi connectivity index (χ0) is 19.2. The molecular formula is C16H29O7PS2. The molecule has 26 heavy (non-hydrogen) atoms. The average Bonchev–Trinajstić information content (AvgIpc) is 3.10. The van der Waals surface area contributed by atoms with Crippen LogP contribution in [0.2, 0.25) is 0 Å². The first-order valence-corrected chi connectivity index (χ1v) is 13.1. The Morgan fingerprint density at radius 3 is 2.19 bits per heavy atom. The van der Waals surface area contributed by atoms with Crippen LogP contribution in [0.3, 0.4) is 0 Å². The molecule has 0 unspecified atom stereocenters. The minimum atomic E-state index is -2.53. The Morgan fingerprint density at radius 2 is 1.65 bits per heavy atom. The molecule has 152 valence electrons. The zero-order valence-corrected chi connectivity index (χ0v) is 18.7. The molecule has 0 aromatic heterocycles. The predicted molar refractivity (Wildman–Crippen MR) is 103 cm³/mol. The van der Waals surface area contributed by atoms with Crippen LogP contribution >= 0.6 is 17.1 Å². The summed E-state index contributed by atoms with van der Waals surface area (Å²) in [6.07, 6.45) is -1.24. The third kappa shape index (κ3) is 4.64. The van der Waals surface area contributed by atoms with E-state index in [2.05, 4.69) is 0 Å². The van der Waals surface area contributed by atoms with Gasteiger partial charge < -0.3 is 32.7 Å². The highest BCUT2D eigenvalue weighted by Crippen LogP contribution is 2.65. The first kappa shape index (κ1) is 21.4. The van der Waals surface area contributed by atoms with Gasteiger partial charge in [-0.05, 0) is 53.3 Å². The molecule has 5 atom stereocenters. The summed E-state index contributed by atoms with van der Waals surface area (Å²) in [6, 6.07) is 0. The Hall–Kier alpha value is 0.720. The molecule has 7 nitrogen and oxygen atoms in total. The first-order chi connectivity index (χ1) is 12.1. The Bertz CT molecular complexity index is 549. The van der Waals surface area contributed by atoms with E-state index in [4.69, 9.17) is 44.5 Å². The third-order valence-electron chi connectivity index (χ3n) is 4.25. The summed E-state index contributed by atoms with van der Waals surface area (Å²) in [6.45, 7) is 12.8. The second kappa shape index (κ2) is 7.86. The molecule has 3 heterocycles. The van der Waals surface area contributed by atoms with Gasteiger partial charge >= 0.3 is 0 Å². The van der Waals surface area contributed by atoms with E-state index in [-0.39, 0.29) is 23.6 Å². The van der Waals surface area contributed by atoms with Gasteiger partial charge in [0, 0.05) is 0 Å². The van der Waals surface area contributed by atoms with Crippen LogP contribution in [0.1, 0.15) is 41.5 Å². The average molecular weight is 429 g/mol. The molecule has 0 aliphatic carbocycles. The molecule has 3 aliphatic rings. The van der Waals surface area contributed by atoms with Gasteiger partial charge in [-0.15, -0.1) is 0 Å². The van der Waals surface area contributed by atoms with Crippen molar-refractivity contribution < 1.29 is 32.7 Å². The summed E-state index contributed by atoms with van der Waals surface area (Å²) in [5.41, 5.74) is -2.53. The molecule has 3 saturated heterocycles. The minimum Gasteiger partial charge on any atom is -0.348 e. The summed E-state index contributed by atoms with van der Waals surface area (Å²) in [5, 5.41) is -0.131. The van der Waals surface area contributed by atoms with E-state index in [0.717, 1.165) is 0 Å². The zero-order valence-electron chi connectivity index (χ0n) is 16.1. The molecule has 0 amide bonds. The van der Waals surface area contributed by atoms with Gasteiger partial charge in [0.15, 0.2) is 17.9 Å². The molecule has 0 N–H and O–H groups in total. The second-order valence-corrected chi connectivity index (χ2v) is 13.7. The van der Waals surface area contributed by atoms with E-state index < -0.39 is 23.6 Å². The van der Waals surface area contributed by atoms with E-state index in [0.29, 0.717) is 19.8 Å². The summed E-state index contributed by atoms with van der Waals surface area (Å²) in [7, 11) is 0. The lowest BCUT2D eigenvalue weighted by atomic mass is 10.1. The molecule has 0 bridgehead atoms. The molecule has 0 aromatic rings. The predicted octanol–water partition coefficient (Wildman–Crippen LogP) is 3.41. The van der Waals surface area contributed by atoms with E-state index in [1.165, 1.54) is 11.4 Å². The van der Waals surface area contributed by atoms with Crippen molar-refractivity contribution >= 4 is 28.9 Å². The molecule has 0 aromatic carbocycles. The van der Waals surface area contributed by atoms with Gasteiger partial charge in [-0.1, -0.05) is 11.4 Å². The van der Waals surface area contributed by atoms with Crippen LogP contribution in [-0.4, -0.2) is 61.2 Å². The van der Waals surface area contributed by atoms with Gasteiger partial charge in [0.25, 0.3) is 0 Å². The molecule has 0 saturated carbocycles. The molecular weight excluding hydrogens is 399 g/mol. The maximum absolute atomic E-state index is 6.20. The Balaban J connectivity index is 1.81. The maximum atomic E-state index is 6.20. The highest BCUT2D eigenvalue weighted by atomic mass is 32.9. The number of fused-ring (bicyclic) bond motifs is 1. The number of hydrogen-bond donors (Lipinski definition) is 0. The van der Waals surface area contributed by atoms with Gasteiger partial charge in [-0.3, -0.25) is 0 Å². The molecule has 3 fully saturated rings. The smallest absolute Gasteiger partial charge is 0.247 e. The maximum Gasteiger partial charge on any atom is 0.247 e. The van der Waals surface area contributed by atoms with Gasteiger partial charge in [-0.2, -0.15) is 0 Å². The summed E-state index contributed by atoms with van der Waals surface area (Å²) >= 11 is 7.22. The van der Waals surface area contributed by atoms with Crippen LogP contribution in [0, 0.1) is 0 Å². The van der Waals surface area contributed by atoms with Gasteiger partial charge in [0.05, 0.1) is 25.1 Å². The minimum absolute atomic E-state index is 0.131. The second-order valence-electron chi connectivity index (χ2n) is 7.29. The number of rotatable bonds is 7. The number of ether oxygens (including phenoxy) is 5. The number of hydrogen-bond acceptors (Lipinski definition) is 9. The van der Waals surface area contributed by atoms with Crippen molar-refractivity contribution in [3.8, 4) is 0 Å². The van der Waals surface area contributed by atoms with Crippen molar-refractivity contribution in [2.24, 2.45) is 0 Å². The van der Waals surface area contributed by atoms with Gasteiger partial charge in [-0.25, -0.2) is 0 Å². The Kier molecular flexibility index (Phi) is 6.48. The first-order valence-electron chi connectivity index (χ1n) is 8.98. The molecule has 3 aliphatic heterocycles. The van der Waals surface area contributed by atoms with E-state index in [9.17, 15) is 0 Å². The molecule has 0 spiro atoms. The lowest BCUT2D eigenvalue weighted by molar-refractivity contribution is -0.219. The fraction of sp³-hybridized carbons (Fsp3) is 1.00. The van der Waals surface area contributed by atoms with Crippen LogP contribution in [0.15, 0.2) is 0 Å².